The molecule has 2 aromatic carbocycles. The predicted molar refractivity (Wildman–Crippen MR) is 112 cm³/mol. The molecular formula is C19H17N7O5. The molecule has 31 heavy (non-hydrogen) atoms. The highest BCUT2D eigenvalue weighted by atomic mass is 16.6. The summed E-state index contributed by atoms with van der Waals surface area (Å²) in [5.41, 5.74) is 5.49. The molecule has 1 amide bonds. The van der Waals surface area contributed by atoms with Gasteiger partial charge < -0.3 is 5.32 Å². The highest BCUT2D eigenvalue weighted by Crippen LogP contribution is 2.31. The summed E-state index contributed by atoms with van der Waals surface area (Å²) in [6.45, 7) is 1.95. The minimum atomic E-state index is -0.734. The third-order valence-electron chi connectivity index (χ3n) is 4.27. The van der Waals surface area contributed by atoms with Crippen LogP contribution in [0.4, 0.5) is 28.7 Å². The molecule has 12 heteroatoms. The summed E-state index contributed by atoms with van der Waals surface area (Å²) < 4.78 is 0. The van der Waals surface area contributed by atoms with Gasteiger partial charge in [-0.25, -0.2) is 9.97 Å². The van der Waals surface area contributed by atoms with Crippen LogP contribution in [0, 0.1) is 20.2 Å². The Bertz CT molecular complexity index is 1150. The smallest absolute Gasteiger partial charge is 0.334 e. The number of amides is 1. The highest BCUT2D eigenvalue weighted by molar-refractivity contribution is 5.95. The van der Waals surface area contributed by atoms with Crippen molar-refractivity contribution in [1.29, 1.82) is 0 Å². The minimum Gasteiger partial charge on any atom is -0.334 e. The lowest BCUT2D eigenvalue weighted by molar-refractivity contribution is -0.384. The van der Waals surface area contributed by atoms with Gasteiger partial charge >= 0.3 is 5.69 Å². The van der Waals surface area contributed by atoms with Crippen LogP contribution in [-0.4, -0.2) is 25.7 Å². The maximum atomic E-state index is 12.3. The molecule has 0 unspecified atom stereocenters. The van der Waals surface area contributed by atoms with Crippen LogP contribution in [0.2, 0.25) is 0 Å². The highest BCUT2D eigenvalue weighted by Gasteiger charge is 2.24. The van der Waals surface area contributed by atoms with Crippen LogP contribution in [0.1, 0.15) is 22.8 Å². The molecule has 0 saturated heterocycles. The molecular weight excluding hydrogens is 406 g/mol. The molecule has 1 aromatic heterocycles. The number of hydrogen-bond acceptors (Lipinski definition) is 9. The quantitative estimate of drug-likeness (QED) is 0.364. The molecule has 0 atom stereocenters. The number of nitrogens with zero attached hydrogens (tertiary/aromatic N) is 4. The summed E-state index contributed by atoms with van der Waals surface area (Å²) in [6.07, 6.45) is 1.80. The number of hydrazine groups is 1. The van der Waals surface area contributed by atoms with Crippen molar-refractivity contribution in [3.63, 3.8) is 0 Å². The summed E-state index contributed by atoms with van der Waals surface area (Å²) in [5.74, 6) is -1.05. The molecule has 0 aliphatic heterocycles. The van der Waals surface area contributed by atoms with E-state index in [1.165, 1.54) is 18.2 Å². The summed E-state index contributed by atoms with van der Waals surface area (Å²) >= 11 is 0. The van der Waals surface area contributed by atoms with Crippen molar-refractivity contribution >= 4 is 34.6 Å². The molecule has 0 spiro atoms. The Labute approximate surface area is 175 Å². The van der Waals surface area contributed by atoms with E-state index in [2.05, 4.69) is 26.1 Å². The number of nitro groups is 2. The van der Waals surface area contributed by atoms with E-state index in [1.54, 1.807) is 12.1 Å². The molecule has 0 radical (unpaired) electrons. The van der Waals surface area contributed by atoms with Crippen molar-refractivity contribution in [2.75, 3.05) is 10.7 Å². The zero-order valence-corrected chi connectivity index (χ0v) is 16.2. The number of nitro benzene ring substituents is 1. The van der Waals surface area contributed by atoms with Gasteiger partial charge in [0.1, 0.15) is 6.33 Å². The Hall–Kier alpha value is -4.61. The third kappa shape index (κ3) is 4.87. The largest absolute Gasteiger partial charge is 0.355 e. The fraction of sp³-hybridized carbons (Fsp3) is 0.105. The fourth-order valence-corrected chi connectivity index (χ4v) is 2.76. The van der Waals surface area contributed by atoms with Crippen LogP contribution in [0.15, 0.2) is 54.9 Å². The average molecular weight is 423 g/mol. The van der Waals surface area contributed by atoms with E-state index in [0.717, 1.165) is 18.0 Å². The van der Waals surface area contributed by atoms with Crippen LogP contribution in [0.5, 0.6) is 0 Å². The number of aromatic nitrogens is 2. The van der Waals surface area contributed by atoms with Gasteiger partial charge in [0.15, 0.2) is 0 Å². The second kappa shape index (κ2) is 9.26. The fourth-order valence-electron chi connectivity index (χ4n) is 2.76. The lowest BCUT2D eigenvalue weighted by atomic mass is 10.1. The molecule has 3 rings (SSSR count). The van der Waals surface area contributed by atoms with Gasteiger partial charge in [0, 0.05) is 23.4 Å². The Balaban J connectivity index is 1.84. The van der Waals surface area contributed by atoms with Crippen LogP contribution in [-0.2, 0) is 6.42 Å². The first-order chi connectivity index (χ1) is 14.9. The maximum absolute atomic E-state index is 12.3. The molecule has 3 aromatic rings. The Morgan fingerprint density at radius 1 is 1.00 bits per heavy atom. The van der Waals surface area contributed by atoms with E-state index in [4.69, 9.17) is 0 Å². The number of carbonyl (C=O) groups is 1. The van der Waals surface area contributed by atoms with E-state index < -0.39 is 21.4 Å². The van der Waals surface area contributed by atoms with Crippen molar-refractivity contribution in [3.05, 3.63) is 86.2 Å². The first-order valence-corrected chi connectivity index (χ1v) is 9.05. The maximum Gasteiger partial charge on any atom is 0.355 e. The number of benzene rings is 2. The number of nitrogens with one attached hydrogen (secondary N) is 3. The van der Waals surface area contributed by atoms with E-state index >= 15 is 0 Å². The van der Waals surface area contributed by atoms with E-state index in [1.807, 2.05) is 19.1 Å². The lowest BCUT2D eigenvalue weighted by Crippen LogP contribution is -2.30. The predicted octanol–water partition coefficient (Wildman–Crippen LogP) is 3.36. The van der Waals surface area contributed by atoms with Gasteiger partial charge in [-0.05, 0) is 24.1 Å². The molecule has 3 N–H and O–H groups in total. The lowest BCUT2D eigenvalue weighted by Gasteiger charge is -2.12. The number of non-ortho nitro benzene ring substituents is 1. The topological polar surface area (TPSA) is 165 Å². The van der Waals surface area contributed by atoms with Gasteiger partial charge in [0.25, 0.3) is 11.6 Å². The second-order valence-corrected chi connectivity index (χ2v) is 6.20. The van der Waals surface area contributed by atoms with Crippen molar-refractivity contribution in [2.45, 2.75) is 13.3 Å². The molecule has 0 fully saturated rings. The molecule has 158 valence electrons. The standard InChI is InChI=1S/C19H17N7O5/c1-2-12-6-3-4-9-15(12)22-17-16(26(30)31)18(21-11-20-17)23-24-19(27)13-7-5-8-14(10-13)25(28)29/h3-11H,2H2,1H3,(H,24,27)(H2,20,21,22,23). The van der Waals surface area contributed by atoms with E-state index in [0.29, 0.717) is 12.1 Å². The van der Waals surface area contributed by atoms with Crippen LogP contribution in [0.3, 0.4) is 0 Å². The number of rotatable bonds is 8. The van der Waals surface area contributed by atoms with Crippen molar-refractivity contribution in [2.24, 2.45) is 0 Å². The zero-order valence-electron chi connectivity index (χ0n) is 16.2. The summed E-state index contributed by atoms with van der Waals surface area (Å²) in [6, 6.07) is 12.3. The van der Waals surface area contributed by atoms with Gasteiger partial charge in [-0.1, -0.05) is 31.2 Å². The normalized spacial score (nSPS) is 10.2. The Kier molecular flexibility index (Phi) is 6.30. The number of anilines is 3. The van der Waals surface area contributed by atoms with Gasteiger partial charge in [-0.3, -0.25) is 35.9 Å². The Morgan fingerprint density at radius 3 is 2.45 bits per heavy atom. The molecule has 0 aliphatic carbocycles. The SMILES string of the molecule is CCc1ccccc1Nc1ncnc(NNC(=O)c2cccc([N+](=O)[O-])c2)c1[N+](=O)[O-]. The van der Waals surface area contributed by atoms with Crippen LogP contribution >= 0.6 is 0 Å². The summed E-state index contributed by atoms with van der Waals surface area (Å²) in [7, 11) is 0. The minimum absolute atomic E-state index is 0.00590. The first kappa shape index (κ1) is 21.1. The van der Waals surface area contributed by atoms with E-state index in [9.17, 15) is 25.0 Å². The average Bonchev–Trinajstić information content (AvgIpc) is 2.77. The summed E-state index contributed by atoms with van der Waals surface area (Å²) in [4.78, 5) is 41.3. The van der Waals surface area contributed by atoms with Gasteiger partial charge in [-0.15, -0.1) is 0 Å². The van der Waals surface area contributed by atoms with Gasteiger partial charge in [-0.2, -0.15) is 0 Å². The second-order valence-electron chi connectivity index (χ2n) is 6.20. The van der Waals surface area contributed by atoms with Crippen molar-refractivity contribution < 1.29 is 14.6 Å². The first-order valence-electron chi connectivity index (χ1n) is 9.05. The molecule has 0 saturated carbocycles. The van der Waals surface area contributed by atoms with Crippen molar-refractivity contribution in [1.82, 2.24) is 15.4 Å². The molecule has 12 nitrogen and oxygen atoms in total. The van der Waals surface area contributed by atoms with Gasteiger partial charge in [0.05, 0.1) is 9.85 Å². The van der Waals surface area contributed by atoms with Crippen molar-refractivity contribution in [3.8, 4) is 0 Å². The summed E-state index contributed by atoms with van der Waals surface area (Å²) in [5, 5.41) is 25.5. The number of aryl methyl sites for hydroxylation is 1. The van der Waals surface area contributed by atoms with Crippen LogP contribution < -0.4 is 16.2 Å². The Morgan fingerprint density at radius 2 is 1.74 bits per heavy atom. The van der Waals surface area contributed by atoms with Crippen LogP contribution in [0.25, 0.3) is 0 Å². The molecule has 0 aliphatic rings. The monoisotopic (exact) mass is 423 g/mol. The van der Waals surface area contributed by atoms with Gasteiger partial charge in [0.2, 0.25) is 11.6 Å². The zero-order chi connectivity index (χ0) is 22.4. The number of hydrogen-bond donors (Lipinski definition) is 3. The molecule has 1 heterocycles. The molecule has 0 bridgehead atoms. The number of para-hydroxylation sites is 1. The number of carbonyl (C=O) groups excluding carboxylic acids is 1. The van der Waals surface area contributed by atoms with E-state index in [-0.39, 0.29) is 22.9 Å². The third-order valence-corrected chi connectivity index (χ3v) is 4.27.